The Hall–Kier alpha value is -3.42. The third-order valence-corrected chi connectivity index (χ3v) is 6.25. The maximum Gasteiger partial charge on any atom is 0.298 e. The zero-order chi connectivity index (χ0) is 24.1. The predicted octanol–water partition coefficient (Wildman–Crippen LogP) is 6.57. The van der Waals surface area contributed by atoms with Gasteiger partial charge in [0.25, 0.3) is 11.1 Å². The lowest BCUT2D eigenvalue weighted by Crippen LogP contribution is -2.27. The zero-order valence-corrected chi connectivity index (χ0v) is 20.2. The van der Waals surface area contributed by atoms with Crippen LogP contribution in [0, 0.1) is 0 Å². The molecule has 4 rings (SSSR count). The third kappa shape index (κ3) is 5.21. The molecule has 0 bridgehead atoms. The first-order valence-electron chi connectivity index (χ1n) is 10.5. The van der Waals surface area contributed by atoms with E-state index < -0.39 is 0 Å². The molecule has 1 saturated heterocycles. The van der Waals surface area contributed by atoms with Gasteiger partial charge in [-0.25, -0.2) is 4.90 Å². The minimum Gasteiger partial charge on any atom is -0.497 e. The van der Waals surface area contributed by atoms with Crippen molar-refractivity contribution in [2.75, 3.05) is 18.6 Å². The lowest BCUT2D eigenvalue weighted by molar-refractivity contribution is -0.113. The van der Waals surface area contributed by atoms with Crippen molar-refractivity contribution < 1.29 is 23.8 Å². The number of rotatable bonds is 8. The highest BCUT2D eigenvalue weighted by Crippen LogP contribution is 2.38. The molecule has 0 radical (unpaired) electrons. The average molecular weight is 496 g/mol. The predicted molar refractivity (Wildman–Crippen MR) is 135 cm³/mol. The van der Waals surface area contributed by atoms with Gasteiger partial charge >= 0.3 is 0 Å². The van der Waals surface area contributed by atoms with Crippen molar-refractivity contribution in [1.29, 1.82) is 0 Å². The molecule has 1 heterocycles. The number of imide groups is 1. The molecule has 0 unspecified atom stereocenters. The van der Waals surface area contributed by atoms with Gasteiger partial charge in [-0.2, -0.15) is 0 Å². The number of thioether (sulfide) groups is 1. The van der Waals surface area contributed by atoms with Gasteiger partial charge in [0.05, 0.1) is 24.3 Å². The summed E-state index contributed by atoms with van der Waals surface area (Å²) in [6, 6.07) is 19.7. The summed E-state index contributed by atoms with van der Waals surface area (Å²) in [5.41, 5.74) is 2.04. The van der Waals surface area contributed by atoms with E-state index in [0.717, 1.165) is 22.2 Å². The maximum absolute atomic E-state index is 13.0. The van der Waals surface area contributed by atoms with E-state index in [4.69, 9.17) is 25.8 Å². The van der Waals surface area contributed by atoms with Crippen LogP contribution in [0.2, 0.25) is 5.02 Å². The number of ether oxygens (including phenoxy) is 3. The van der Waals surface area contributed by atoms with Gasteiger partial charge in [0.1, 0.15) is 12.4 Å². The van der Waals surface area contributed by atoms with Crippen LogP contribution in [0.1, 0.15) is 18.1 Å². The number of anilines is 1. The second kappa shape index (κ2) is 10.7. The van der Waals surface area contributed by atoms with Crippen molar-refractivity contribution >= 4 is 46.3 Å². The zero-order valence-electron chi connectivity index (χ0n) is 18.6. The summed E-state index contributed by atoms with van der Waals surface area (Å²) in [5.74, 6) is 1.27. The number of nitrogens with zero attached hydrogens (tertiary/aromatic N) is 1. The van der Waals surface area contributed by atoms with Crippen molar-refractivity contribution in [2.45, 2.75) is 13.5 Å². The summed E-state index contributed by atoms with van der Waals surface area (Å²) in [6.07, 6.45) is 1.67. The number of hydrogen-bond donors (Lipinski definition) is 0. The van der Waals surface area contributed by atoms with Crippen LogP contribution in [-0.4, -0.2) is 24.9 Å². The van der Waals surface area contributed by atoms with Crippen molar-refractivity contribution in [3.63, 3.8) is 0 Å². The fourth-order valence-corrected chi connectivity index (χ4v) is 4.40. The molecular weight excluding hydrogens is 474 g/mol. The highest BCUT2D eigenvalue weighted by atomic mass is 35.5. The lowest BCUT2D eigenvalue weighted by Gasteiger charge is -2.14. The van der Waals surface area contributed by atoms with Crippen LogP contribution in [0.5, 0.6) is 17.2 Å². The lowest BCUT2D eigenvalue weighted by atomic mass is 10.1. The van der Waals surface area contributed by atoms with Crippen LogP contribution in [0.15, 0.2) is 71.6 Å². The van der Waals surface area contributed by atoms with E-state index >= 15 is 0 Å². The van der Waals surface area contributed by atoms with E-state index in [1.54, 1.807) is 42.5 Å². The molecule has 0 aromatic heterocycles. The Morgan fingerprint density at radius 3 is 2.56 bits per heavy atom. The van der Waals surface area contributed by atoms with E-state index in [1.807, 2.05) is 37.3 Å². The van der Waals surface area contributed by atoms with E-state index in [9.17, 15) is 9.59 Å². The Labute approximate surface area is 207 Å². The molecule has 0 atom stereocenters. The largest absolute Gasteiger partial charge is 0.497 e. The highest BCUT2D eigenvalue weighted by Gasteiger charge is 2.36. The van der Waals surface area contributed by atoms with Gasteiger partial charge < -0.3 is 14.2 Å². The van der Waals surface area contributed by atoms with E-state index in [-0.39, 0.29) is 11.1 Å². The van der Waals surface area contributed by atoms with Gasteiger partial charge in [0, 0.05) is 16.7 Å². The van der Waals surface area contributed by atoms with Crippen LogP contribution in [0.3, 0.4) is 0 Å². The molecule has 0 aliphatic carbocycles. The topological polar surface area (TPSA) is 65.1 Å². The second-order valence-electron chi connectivity index (χ2n) is 7.24. The molecule has 6 nitrogen and oxygen atoms in total. The molecule has 1 fully saturated rings. The molecule has 0 saturated carbocycles. The first-order chi connectivity index (χ1) is 16.5. The van der Waals surface area contributed by atoms with Crippen molar-refractivity contribution in [3.05, 3.63) is 87.8 Å². The maximum atomic E-state index is 13.0. The van der Waals surface area contributed by atoms with E-state index in [2.05, 4.69) is 0 Å². The molecule has 34 heavy (non-hydrogen) atoms. The molecule has 1 aliphatic heterocycles. The molecule has 0 N–H and O–H groups in total. The SMILES string of the molecule is CCOc1cc(/C=C2\SC(=O)N(c3cccc(OC)c3)C2=O)ccc1OCc1ccccc1Cl. The Morgan fingerprint density at radius 2 is 1.79 bits per heavy atom. The molecule has 1 aliphatic rings. The van der Waals surface area contributed by atoms with Crippen LogP contribution < -0.4 is 19.1 Å². The smallest absolute Gasteiger partial charge is 0.298 e. The van der Waals surface area contributed by atoms with Gasteiger partial charge in [0.15, 0.2) is 11.5 Å². The Kier molecular flexibility index (Phi) is 7.45. The third-order valence-electron chi connectivity index (χ3n) is 5.01. The van der Waals surface area contributed by atoms with Crippen molar-refractivity contribution in [3.8, 4) is 17.2 Å². The first kappa shape index (κ1) is 23.7. The van der Waals surface area contributed by atoms with Crippen LogP contribution in [0.4, 0.5) is 10.5 Å². The van der Waals surface area contributed by atoms with E-state index in [1.165, 1.54) is 7.11 Å². The second-order valence-corrected chi connectivity index (χ2v) is 8.64. The van der Waals surface area contributed by atoms with Gasteiger partial charge in [-0.3, -0.25) is 9.59 Å². The molecule has 3 aromatic rings. The standard InChI is InChI=1S/C26H22ClNO5S/c1-3-32-23-13-17(11-12-22(23)33-16-18-7-4-5-10-21(18)27)14-24-25(29)28(26(30)34-24)19-8-6-9-20(15-19)31-2/h4-15H,3,16H2,1-2H3/b24-14-. The quantitative estimate of drug-likeness (QED) is 0.329. The Balaban J connectivity index is 1.56. The van der Waals surface area contributed by atoms with Gasteiger partial charge in [0.2, 0.25) is 0 Å². The summed E-state index contributed by atoms with van der Waals surface area (Å²) in [7, 11) is 1.53. The molecule has 8 heteroatoms. The number of amides is 2. The minimum atomic E-state index is -0.389. The van der Waals surface area contributed by atoms with Crippen molar-refractivity contribution in [1.82, 2.24) is 0 Å². The summed E-state index contributed by atoms with van der Waals surface area (Å²) in [6.45, 7) is 2.61. The van der Waals surface area contributed by atoms with Crippen LogP contribution in [-0.2, 0) is 11.4 Å². The number of hydrogen-bond acceptors (Lipinski definition) is 6. The van der Waals surface area contributed by atoms with Gasteiger partial charge in [-0.1, -0.05) is 41.9 Å². The number of methoxy groups -OCH3 is 1. The summed E-state index contributed by atoms with van der Waals surface area (Å²) < 4.78 is 16.9. The normalized spacial score (nSPS) is 14.6. The molecule has 2 amide bonds. The van der Waals surface area contributed by atoms with Crippen molar-refractivity contribution in [2.24, 2.45) is 0 Å². The molecule has 0 spiro atoms. The average Bonchev–Trinajstić information content (AvgIpc) is 3.12. The molecule has 174 valence electrons. The summed E-state index contributed by atoms with van der Waals surface area (Å²) >= 11 is 7.11. The number of carbonyl (C=O) groups is 2. The fourth-order valence-electron chi connectivity index (χ4n) is 3.36. The number of carbonyl (C=O) groups excluding carboxylic acids is 2. The first-order valence-corrected chi connectivity index (χ1v) is 11.7. The van der Waals surface area contributed by atoms with Crippen LogP contribution in [0.25, 0.3) is 6.08 Å². The summed E-state index contributed by atoms with van der Waals surface area (Å²) in [5, 5.41) is 0.262. The fraction of sp³-hybridized carbons (Fsp3) is 0.154. The molecule has 3 aromatic carbocycles. The number of benzene rings is 3. The Bertz CT molecular complexity index is 1260. The Morgan fingerprint density at radius 1 is 0.971 bits per heavy atom. The molecular formula is C26H22ClNO5S. The van der Waals surface area contributed by atoms with Gasteiger partial charge in [-0.05, 0) is 60.7 Å². The minimum absolute atomic E-state index is 0.290. The number of halogens is 1. The van der Waals surface area contributed by atoms with Crippen LogP contribution >= 0.6 is 23.4 Å². The van der Waals surface area contributed by atoms with E-state index in [0.29, 0.717) is 51.6 Å². The monoisotopic (exact) mass is 495 g/mol. The summed E-state index contributed by atoms with van der Waals surface area (Å²) in [4.78, 5) is 27.0. The highest BCUT2D eigenvalue weighted by molar-refractivity contribution is 8.19. The van der Waals surface area contributed by atoms with Gasteiger partial charge in [-0.15, -0.1) is 0 Å².